The molecule has 4 aromatic rings. The summed E-state index contributed by atoms with van der Waals surface area (Å²) >= 11 is 5.88. The van der Waals surface area contributed by atoms with Gasteiger partial charge in [0, 0.05) is 10.4 Å². The van der Waals surface area contributed by atoms with E-state index in [9.17, 15) is 4.79 Å². The molecule has 0 spiro atoms. The number of rotatable bonds is 1. The fraction of sp³-hybridized carbons (Fsp3) is 0. The van der Waals surface area contributed by atoms with E-state index in [0.717, 1.165) is 10.9 Å². The van der Waals surface area contributed by atoms with Crippen molar-refractivity contribution < 1.29 is 0 Å². The Morgan fingerprint density at radius 3 is 2.57 bits per heavy atom. The minimum Gasteiger partial charge on any atom is -0.288 e. The van der Waals surface area contributed by atoms with Gasteiger partial charge in [-0.1, -0.05) is 29.8 Å². The predicted octanol–water partition coefficient (Wildman–Crippen LogP) is 2.92. The molecular weight excluding hydrogens is 288 g/mol. The summed E-state index contributed by atoms with van der Waals surface area (Å²) in [5.74, 6) is 0. The third-order valence-electron chi connectivity index (χ3n) is 3.38. The normalized spacial score (nSPS) is 11.3. The molecule has 0 fully saturated rings. The molecule has 0 radical (unpaired) electrons. The monoisotopic (exact) mass is 296 g/mol. The van der Waals surface area contributed by atoms with Gasteiger partial charge in [0.25, 0.3) is 5.56 Å². The average molecular weight is 297 g/mol. The van der Waals surface area contributed by atoms with Crippen molar-refractivity contribution in [3.8, 4) is 5.69 Å². The molecule has 0 saturated carbocycles. The second kappa shape index (κ2) is 4.43. The minimum atomic E-state index is -0.231. The summed E-state index contributed by atoms with van der Waals surface area (Å²) in [5.41, 5.74) is 2.22. The summed E-state index contributed by atoms with van der Waals surface area (Å²) in [4.78, 5) is 12.5. The molecule has 21 heavy (non-hydrogen) atoms. The van der Waals surface area contributed by atoms with Crippen LogP contribution in [0.15, 0.2) is 53.3 Å². The number of nitrogens with zero attached hydrogens (tertiary/aromatic N) is 3. The van der Waals surface area contributed by atoms with Crippen LogP contribution in [0.1, 0.15) is 0 Å². The third-order valence-corrected chi connectivity index (χ3v) is 3.63. The van der Waals surface area contributed by atoms with Gasteiger partial charge in [-0.2, -0.15) is 0 Å². The van der Waals surface area contributed by atoms with Crippen LogP contribution in [0.5, 0.6) is 0 Å². The van der Waals surface area contributed by atoms with Crippen LogP contribution < -0.4 is 5.56 Å². The van der Waals surface area contributed by atoms with E-state index in [1.807, 2.05) is 24.3 Å². The molecule has 0 aliphatic rings. The van der Waals surface area contributed by atoms with Crippen LogP contribution in [0.25, 0.3) is 27.6 Å². The smallest absolute Gasteiger partial charge is 0.288 e. The van der Waals surface area contributed by atoms with Gasteiger partial charge in [-0.15, -0.1) is 10.2 Å². The zero-order chi connectivity index (χ0) is 14.4. The van der Waals surface area contributed by atoms with E-state index < -0.39 is 0 Å². The van der Waals surface area contributed by atoms with Crippen LogP contribution in [0, 0.1) is 0 Å². The van der Waals surface area contributed by atoms with Crippen molar-refractivity contribution in [1.82, 2.24) is 20.0 Å². The molecule has 4 rings (SSSR count). The second-order valence-corrected chi connectivity index (χ2v) is 5.11. The molecule has 2 heterocycles. The van der Waals surface area contributed by atoms with Crippen LogP contribution in [-0.4, -0.2) is 20.0 Å². The van der Waals surface area contributed by atoms with Crippen molar-refractivity contribution in [1.29, 1.82) is 0 Å². The summed E-state index contributed by atoms with van der Waals surface area (Å²) in [7, 11) is 0. The lowest BCUT2D eigenvalue weighted by atomic mass is 10.2. The van der Waals surface area contributed by atoms with Crippen LogP contribution in [-0.2, 0) is 0 Å². The lowest BCUT2D eigenvalue weighted by Crippen LogP contribution is -2.14. The molecular formula is C15H9ClN4O. The number of fused-ring (bicyclic) bond motifs is 3. The van der Waals surface area contributed by atoms with Gasteiger partial charge in [-0.3, -0.25) is 9.89 Å². The number of nitrogens with one attached hydrogen (secondary N) is 1. The van der Waals surface area contributed by atoms with E-state index in [1.165, 1.54) is 4.68 Å². The van der Waals surface area contributed by atoms with Crippen molar-refractivity contribution in [3.63, 3.8) is 0 Å². The highest BCUT2D eigenvalue weighted by molar-refractivity contribution is 6.30. The van der Waals surface area contributed by atoms with Gasteiger partial charge in [0.05, 0.1) is 16.7 Å². The molecule has 0 atom stereocenters. The van der Waals surface area contributed by atoms with Crippen LogP contribution >= 0.6 is 11.6 Å². The molecule has 0 aliphatic heterocycles. The fourth-order valence-corrected chi connectivity index (χ4v) is 2.48. The van der Waals surface area contributed by atoms with Crippen LogP contribution in [0.3, 0.4) is 0 Å². The van der Waals surface area contributed by atoms with E-state index in [0.29, 0.717) is 21.7 Å². The molecule has 0 saturated heterocycles. The van der Waals surface area contributed by atoms with Crippen molar-refractivity contribution in [2.24, 2.45) is 0 Å². The zero-order valence-corrected chi connectivity index (χ0v) is 11.5. The minimum absolute atomic E-state index is 0.231. The number of aromatic amines is 1. The Labute approximate surface area is 123 Å². The number of hydrogen-bond acceptors (Lipinski definition) is 3. The van der Waals surface area contributed by atoms with Crippen LogP contribution in [0.2, 0.25) is 5.02 Å². The van der Waals surface area contributed by atoms with Crippen molar-refractivity contribution in [2.75, 3.05) is 0 Å². The maximum atomic E-state index is 12.5. The highest BCUT2D eigenvalue weighted by Gasteiger charge is 2.13. The Bertz CT molecular complexity index is 1020. The summed E-state index contributed by atoms with van der Waals surface area (Å²) < 4.78 is 1.45. The van der Waals surface area contributed by atoms with Crippen molar-refractivity contribution in [3.05, 3.63) is 63.9 Å². The molecule has 102 valence electrons. The molecule has 2 aromatic carbocycles. The Morgan fingerprint density at radius 1 is 1.00 bits per heavy atom. The van der Waals surface area contributed by atoms with Gasteiger partial charge in [0.1, 0.15) is 0 Å². The molecule has 0 amide bonds. The first kappa shape index (κ1) is 12.1. The van der Waals surface area contributed by atoms with E-state index in [2.05, 4.69) is 15.3 Å². The number of aromatic nitrogens is 4. The Morgan fingerprint density at radius 2 is 1.76 bits per heavy atom. The number of H-pyrrole nitrogens is 1. The van der Waals surface area contributed by atoms with E-state index in [4.69, 9.17) is 11.6 Å². The molecule has 2 aromatic heterocycles. The molecule has 0 unspecified atom stereocenters. The van der Waals surface area contributed by atoms with E-state index in [1.54, 1.807) is 24.3 Å². The molecule has 0 aliphatic carbocycles. The Hall–Kier alpha value is -2.66. The first-order chi connectivity index (χ1) is 10.2. The van der Waals surface area contributed by atoms with Gasteiger partial charge >= 0.3 is 0 Å². The fourth-order valence-electron chi connectivity index (χ4n) is 2.36. The van der Waals surface area contributed by atoms with Crippen LogP contribution in [0.4, 0.5) is 0 Å². The van der Waals surface area contributed by atoms with Gasteiger partial charge in [-0.05, 0) is 30.3 Å². The summed E-state index contributed by atoms with van der Waals surface area (Å²) in [6, 6.07) is 14.6. The lowest BCUT2D eigenvalue weighted by Gasteiger charge is -2.00. The van der Waals surface area contributed by atoms with E-state index >= 15 is 0 Å². The molecule has 6 heteroatoms. The zero-order valence-electron chi connectivity index (χ0n) is 10.7. The van der Waals surface area contributed by atoms with Gasteiger partial charge in [0.2, 0.25) is 0 Å². The Kier molecular flexibility index (Phi) is 2.55. The van der Waals surface area contributed by atoms with Crippen molar-refractivity contribution in [2.45, 2.75) is 0 Å². The third kappa shape index (κ3) is 1.82. The second-order valence-electron chi connectivity index (χ2n) is 4.67. The molecule has 5 nitrogen and oxygen atoms in total. The first-order valence-electron chi connectivity index (χ1n) is 6.36. The molecule has 1 N–H and O–H groups in total. The first-order valence-corrected chi connectivity index (χ1v) is 6.74. The summed E-state index contributed by atoms with van der Waals surface area (Å²) in [5, 5.41) is 12.7. The lowest BCUT2D eigenvalue weighted by molar-refractivity contribution is 0.863. The number of benzene rings is 2. The van der Waals surface area contributed by atoms with E-state index in [-0.39, 0.29) is 5.56 Å². The Balaban J connectivity index is 2.07. The number of halogens is 1. The predicted molar refractivity (Wildman–Crippen MR) is 82.0 cm³/mol. The summed E-state index contributed by atoms with van der Waals surface area (Å²) in [6.07, 6.45) is 0. The average Bonchev–Trinajstić information content (AvgIpc) is 2.86. The number of hydrogen-bond donors (Lipinski definition) is 1. The highest BCUT2D eigenvalue weighted by atomic mass is 35.5. The largest absolute Gasteiger partial charge is 0.299 e. The topological polar surface area (TPSA) is 63.6 Å². The maximum Gasteiger partial charge on any atom is 0.299 e. The SMILES string of the molecule is O=c1c2nnc3ccccc3c2[nH]n1-c1ccc(Cl)cc1. The standard InChI is InChI=1S/C15H9ClN4O/c16-9-5-7-10(8-6-9)20-15(21)14-13(19-20)11-3-1-2-4-12(11)17-18-14/h1-8,19H. The maximum absolute atomic E-state index is 12.5. The van der Waals surface area contributed by atoms with Crippen molar-refractivity contribution >= 4 is 33.5 Å². The molecule has 0 bridgehead atoms. The van der Waals surface area contributed by atoms with Gasteiger partial charge in [-0.25, -0.2) is 4.68 Å². The van der Waals surface area contributed by atoms with Gasteiger partial charge < -0.3 is 0 Å². The van der Waals surface area contributed by atoms with Gasteiger partial charge in [0.15, 0.2) is 5.52 Å². The quantitative estimate of drug-likeness (QED) is 0.587. The highest BCUT2D eigenvalue weighted by Crippen LogP contribution is 2.19. The summed E-state index contributed by atoms with van der Waals surface area (Å²) in [6.45, 7) is 0.